The summed E-state index contributed by atoms with van der Waals surface area (Å²) in [6.07, 6.45) is 0.740. The molecule has 0 aromatic heterocycles. The van der Waals surface area contributed by atoms with Crippen molar-refractivity contribution in [3.8, 4) is 11.1 Å². The van der Waals surface area contributed by atoms with Crippen molar-refractivity contribution in [2.24, 2.45) is 0 Å². The van der Waals surface area contributed by atoms with Gasteiger partial charge in [-0.1, -0.05) is 72.8 Å². The summed E-state index contributed by atoms with van der Waals surface area (Å²) in [4.78, 5) is 12.2. The average molecular weight is 301 g/mol. The predicted octanol–water partition coefficient (Wildman–Crippen LogP) is 4.30. The Morgan fingerprint density at radius 3 is 2.13 bits per heavy atom. The van der Waals surface area contributed by atoms with Crippen LogP contribution in [0.5, 0.6) is 0 Å². The molecule has 0 radical (unpaired) electrons. The molecule has 0 heterocycles. The molecule has 2 nitrogen and oxygen atoms in total. The number of amides is 1. The third-order valence-corrected chi connectivity index (χ3v) is 3.92. The van der Waals surface area contributed by atoms with E-state index in [-0.39, 0.29) is 5.91 Å². The van der Waals surface area contributed by atoms with E-state index in [1.807, 2.05) is 48.5 Å². The Morgan fingerprint density at radius 2 is 1.48 bits per heavy atom. The van der Waals surface area contributed by atoms with Gasteiger partial charge in [-0.25, -0.2) is 0 Å². The van der Waals surface area contributed by atoms with Crippen LogP contribution in [0.2, 0.25) is 0 Å². The van der Waals surface area contributed by atoms with Gasteiger partial charge in [0.15, 0.2) is 0 Å². The molecule has 0 aliphatic rings. The summed E-state index contributed by atoms with van der Waals surface area (Å²) >= 11 is 0. The van der Waals surface area contributed by atoms with E-state index in [9.17, 15) is 4.79 Å². The van der Waals surface area contributed by atoms with E-state index in [2.05, 4.69) is 35.6 Å². The quantitative estimate of drug-likeness (QED) is 0.764. The number of nitrogens with one attached hydrogen (secondary N) is 1. The van der Waals surface area contributed by atoms with Gasteiger partial charge in [-0.2, -0.15) is 0 Å². The smallest absolute Gasteiger partial charge is 0.251 e. The monoisotopic (exact) mass is 301 g/mol. The Hall–Kier alpha value is -2.87. The number of benzene rings is 3. The molecule has 2 heteroatoms. The summed E-state index contributed by atoms with van der Waals surface area (Å²) in [7, 11) is 1.67. The first-order valence-corrected chi connectivity index (χ1v) is 7.72. The first-order valence-electron chi connectivity index (χ1n) is 7.72. The van der Waals surface area contributed by atoms with Crippen LogP contribution >= 0.6 is 0 Å². The molecule has 0 fully saturated rings. The minimum Gasteiger partial charge on any atom is -0.355 e. The van der Waals surface area contributed by atoms with Gasteiger partial charge >= 0.3 is 0 Å². The topological polar surface area (TPSA) is 29.1 Å². The summed E-state index contributed by atoms with van der Waals surface area (Å²) in [5.74, 6) is -0.0458. The molecule has 0 saturated heterocycles. The van der Waals surface area contributed by atoms with Crippen molar-refractivity contribution in [3.05, 3.63) is 95.6 Å². The van der Waals surface area contributed by atoms with Crippen LogP contribution in [-0.4, -0.2) is 13.0 Å². The number of carbonyl (C=O) groups is 1. The van der Waals surface area contributed by atoms with E-state index < -0.39 is 0 Å². The molecule has 114 valence electrons. The van der Waals surface area contributed by atoms with Crippen molar-refractivity contribution in [2.75, 3.05) is 7.05 Å². The Kier molecular flexibility index (Phi) is 4.53. The van der Waals surface area contributed by atoms with Gasteiger partial charge in [-0.15, -0.1) is 0 Å². The zero-order valence-electron chi connectivity index (χ0n) is 13.1. The second-order valence-corrected chi connectivity index (χ2v) is 5.48. The largest absolute Gasteiger partial charge is 0.355 e. The van der Waals surface area contributed by atoms with E-state index in [1.54, 1.807) is 7.05 Å². The summed E-state index contributed by atoms with van der Waals surface area (Å²) in [5, 5.41) is 2.73. The van der Waals surface area contributed by atoms with Crippen LogP contribution in [0.4, 0.5) is 0 Å². The van der Waals surface area contributed by atoms with Crippen molar-refractivity contribution in [1.29, 1.82) is 0 Å². The van der Waals surface area contributed by atoms with Crippen LogP contribution in [-0.2, 0) is 6.42 Å². The Labute approximate surface area is 136 Å². The van der Waals surface area contributed by atoms with Gasteiger partial charge in [-0.3, -0.25) is 4.79 Å². The van der Waals surface area contributed by atoms with Crippen LogP contribution in [0.1, 0.15) is 21.5 Å². The van der Waals surface area contributed by atoms with Gasteiger partial charge in [-0.05, 0) is 34.7 Å². The summed E-state index contributed by atoms with van der Waals surface area (Å²) in [5.41, 5.74) is 5.25. The van der Waals surface area contributed by atoms with Crippen molar-refractivity contribution >= 4 is 5.91 Å². The molecule has 0 saturated carbocycles. The number of carbonyl (C=O) groups excluding carboxylic acids is 1. The second-order valence-electron chi connectivity index (χ2n) is 5.48. The lowest BCUT2D eigenvalue weighted by atomic mass is 9.94. The Bertz CT molecular complexity index is 795. The maximum absolute atomic E-state index is 12.2. The number of hydrogen-bond donors (Lipinski definition) is 1. The highest BCUT2D eigenvalue weighted by atomic mass is 16.1. The molecule has 23 heavy (non-hydrogen) atoms. The fourth-order valence-corrected chi connectivity index (χ4v) is 2.72. The molecule has 0 atom stereocenters. The maximum Gasteiger partial charge on any atom is 0.251 e. The predicted molar refractivity (Wildman–Crippen MR) is 94.5 cm³/mol. The summed E-state index contributed by atoms with van der Waals surface area (Å²) in [6, 6.07) is 26.5. The molecule has 3 aromatic rings. The second kappa shape index (κ2) is 6.93. The van der Waals surface area contributed by atoms with Crippen LogP contribution < -0.4 is 5.32 Å². The van der Waals surface area contributed by atoms with E-state index in [0.29, 0.717) is 0 Å². The van der Waals surface area contributed by atoms with Crippen LogP contribution in [0.3, 0.4) is 0 Å². The molecule has 3 aromatic carbocycles. The van der Waals surface area contributed by atoms with Crippen molar-refractivity contribution < 1.29 is 4.79 Å². The molecule has 1 N–H and O–H groups in total. The molecule has 0 bridgehead atoms. The standard InChI is InChI=1S/C21H19NO/c1-22-21(23)20-13-12-18(17-10-6-3-7-11-17)15-19(20)14-16-8-4-2-5-9-16/h2-13,15H,14H2,1H3,(H,22,23). The van der Waals surface area contributed by atoms with E-state index in [0.717, 1.165) is 28.7 Å². The van der Waals surface area contributed by atoms with Crippen molar-refractivity contribution in [1.82, 2.24) is 5.32 Å². The molecular formula is C21H19NO. The summed E-state index contributed by atoms with van der Waals surface area (Å²) in [6.45, 7) is 0. The lowest BCUT2D eigenvalue weighted by Gasteiger charge is -2.11. The van der Waals surface area contributed by atoms with Crippen LogP contribution in [0.15, 0.2) is 78.9 Å². The lowest BCUT2D eigenvalue weighted by molar-refractivity contribution is 0.0962. The fourth-order valence-electron chi connectivity index (χ4n) is 2.72. The zero-order valence-corrected chi connectivity index (χ0v) is 13.1. The molecular weight excluding hydrogens is 282 g/mol. The minimum atomic E-state index is -0.0458. The molecule has 0 spiro atoms. The molecule has 3 rings (SSSR count). The highest BCUT2D eigenvalue weighted by molar-refractivity contribution is 5.96. The van der Waals surface area contributed by atoms with Gasteiger partial charge in [0.25, 0.3) is 5.91 Å². The van der Waals surface area contributed by atoms with E-state index in [1.165, 1.54) is 5.56 Å². The molecule has 1 amide bonds. The first-order chi connectivity index (χ1) is 11.3. The molecule has 0 aliphatic carbocycles. The van der Waals surface area contributed by atoms with Gasteiger partial charge in [0.05, 0.1) is 0 Å². The van der Waals surface area contributed by atoms with Gasteiger partial charge < -0.3 is 5.32 Å². The molecule has 0 unspecified atom stereocenters. The SMILES string of the molecule is CNC(=O)c1ccc(-c2ccccc2)cc1Cc1ccccc1. The lowest BCUT2D eigenvalue weighted by Crippen LogP contribution is -2.19. The Balaban J connectivity index is 2.04. The third kappa shape index (κ3) is 3.49. The first kappa shape index (κ1) is 15.0. The fraction of sp³-hybridized carbons (Fsp3) is 0.0952. The van der Waals surface area contributed by atoms with E-state index >= 15 is 0 Å². The summed E-state index contributed by atoms with van der Waals surface area (Å²) < 4.78 is 0. The van der Waals surface area contributed by atoms with Gasteiger partial charge in [0, 0.05) is 12.6 Å². The van der Waals surface area contributed by atoms with E-state index in [4.69, 9.17) is 0 Å². The normalized spacial score (nSPS) is 10.3. The van der Waals surface area contributed by atoms with Crippen molar-refractivity contribution in [3.63, 3.8) is 0 Å². The Morgan fingerprint density at radius 1 is 0.826 bits per heavy atom. The van der Waals surface area contributed by atoms with Gasteiger partial charge in [0.2, 0.25) is 0 Å². The highest BCUT2D eigenvalue weighted by Gasteiger charge is 2.12. The maximum atomic E-state index is 12.2. The van der Waals surface area contributed by atoms with Gasteiger partial charge in [0.1, 0.15) is 0 Å². The van der Waals surface area contributed by atoms with Crippen LogP contribution in [0, 0.1) is 0 Å². The minimum absolute atomic E-state index is 0.0458. The van der Waals surface area contributed by atoms with Crippen molar-refractivity contribution in [2.45, 2.75) is 6.42 Å². The van der Waals surface area contributed by atoms with Crippen LogP contribution in [0.25, 0.3) is 11.1 Å². The zero-order chi connectivity index (χ0) is 16.1. The highest BCUT2D eigenvalue weighted by Crippen LogP contribution is 2.24. The number of rotatable bonds is 4. The molecule has 0 aliphatic heterocycles. The average Bonchev–Trinajstić information content (AvgIpc) is 2.62. The number of hydrogen-bond acceptors (Lipinski definition) is 1. The third-order valence-electron chi connectivity index (χ3n) is 3.92.